The summed E-state index contributed by atoms with van der Waals surface area (Å²) >= 11 is 1.55. The largest absolute Gasteiger partial charge is 0.218 e. The first-order valence-corrected chi connectivity index (χ1v) is 8.99. The van der Waals surface area contributed by atoms with Crippen LogP contribution in [0.2, 0.25) is 0 Å². The van der Waals surface area contributed by atoms with Crippen molar-refractivity contribution >= 4 is 21.6 Å². The van der Waals surface area contributed by atoms with Crippen LogP contribution >= 0.6 is 11.8 Å². The number of benzene rings is 2. The fourth-order valence-corrected chi connectivity index (χ4v) is 5.75. The van der Waals surface area contributed by atoms with Gasteiger partial charge in [-0.3, -0.25) is 0 Å². The van der Waals surface area contributed by atoms with Crippen LogP contribution in [-0.4, -0.2) is 8.42 Å². The molecule has 2 nitrogen and oxygen atoms in total. The zero-order chi connectivity index (χ0) is 14.3. The van der Waals surface area contributed by atoms with Gasteiger partial charge < -0.3 is 0 Å². The Labute approximate surface area is 124 Å². The topological polar surface area (TPSA) is 34.1 Å². The van der Waals surface area contributed by atoms with Gasteiger partial charge in [0.05, 0.1) is 9.79 Å². The van der Waals surface area contributed by atoms with Gasteiger partial charge in [0.1, 0.15) is 0 Å². The zero-order valence-electron chi connectivity index (χ0n) is 11.5. The van der Waals surface area contributed by atoms with Gasteiger partial charge in [-0.05, 0) is 48.7 Å². The summed E-state index contributed by atoms with van der Waals surface area (Å²) in [5, 5.41) is 0. The lowest BCUT2D eigenvalue weighted by molar-refractivity contribution is 0.590. The third-order valence-corrected chi connectivity index (χ3v) is 6.69. The van der Waals surface area contributed by atoms with Gasteiger partial charge in [-0.2, -0.15) is 0 Å². The van der Waals surface area contributed by atoms with Crippen LogP contribution in [0, 0.1) is 6.92 Å². The van der Waals surface area contributed by atoms with E-state index in [1.807, 2.05) is 31.2 Å². The molecule has 0 saturated carbocycles. The quantitative estimate of drug-likeness (QED) is 0.710. The van der Waals surface area contributed by atoms with E-state index in [1.54, 1.807) is 23.9 Å². The first-order chi connectivity index (χ1) is 9.52. The van der Waals surface area contributed by atoms with Crippen LogP contribution in [0.5, 0.6) is 0 Å². The van der Waals surface area contributed by atoms with Crippen LogP contribution in [0.25, 0.3) is 0 Å². The lowest BCUT2D eigenvalue weighted by atomic mass is 10.1. The molecule has 0 unspecified atom stereocenters. The molecule has 4 heteroatoms. The second-order valence-corrected chi connectivity index (χ2v) is 8.06. The predicted octanol–water partition coefficient (Wildman–Crippen LogP) is 4.24. The molecule has 0 bridgehead atoms. The van der Waals surface area contributed by atoms with Crippen molar-refractivity contribution in [2.75, 3.05) is 0 Å². The van der Waals surface area contributed by atoms with Crippen LogP contribution in [0.3, 0.4) is 0 Å². The summed E-state index contributed by atoms with van der Waals surface area (Å²) in [7, 11) is -3.38. The van der Waals surface area contributed by atoms with Crippen LogP contribution in [0.1, 0.15) is 24.5 Å². The molecule has 2 aromatic rings. The Bertz CT molecular complexity index is 777. The Balaban J connectivity index is 2.19. The number of fused-ring (bicyclic) bond motifs is 2. The van der Waals surface area contributed by atoms with Crippen molar-refractivity contribution in [1.29, 1.82) is 0 Å². The number of hydrogen-bond acceptors (Lipinski definition) is 3. The minimum Gasteiger partial charge on any atom is -0.218 e. The second kappa shape index (κ2) is 4.93. The molecule has 0 N–H and O–H groups in total. The fourth-order valence-electron chi connectivity index (χ4n) is 2.44. The highest BCUT2D eigenvalue weighted by Crippen LogP contribution is 2.45. The van der Waals surface area contributed by atoms with Gasteiger partial charge in [0.25, 0.3) is 0 Å². The maximum Gasteiger partial charge on any atom is 0.208 e. The highest BCUT2D eigenvalue weighted by atomic mass is 32.2. The summed E-state index contributed by atoms with van der Waals surface area (Å²) in [5.41, 5.74) is 2.17. The summed E-state index contributed by atoms with van der Waals surface area (Å²) in [6.07, 6.45) is 2.04. The first-order valence-electron chi connectivity index (χ1n) is 6.69. The molecule has 0 saturated heterocycles. The Morgan fingerprint density at radius 2 is 1.80 bits per heavy atom. The molecule has 0 spiro atoms. The molecule has 3 rings (SSSR count). The van der Waals surface area contributed by atoms with E-state index in [0.717, 1.165) is 28.2 Å². The maximum atomic E-state index is 12.7. The molecular formula is C16H16O2S2. The molecule has 1 aliphatic rings. The average molecular weight is 304 g/mol. The van der Waals surface area contributed by atoms with E-state index < -0.39 is 9.84 Å². The molecule has 0 amide bonds. The molecule has 0 atom stereocenters. The molecule has 0 radical (unpaired) electrons. The van der Waals surface area contributed by atoms with Crippen LogP contribution in [0.4, 0.5) is 0 Å². The molecule has 1 heterocycles. The SMILES string of the molecule is CCCc1ccc2c(c1)Sc1ccc(C)cc1S2(=O)=O. The predicted molar refractivity (Wildman–Crippen MR) is 81.2 cm³/mol. The molecule has 20 heavy (non-hydrogen) atoms. The van der Waals surface area contributed by atoms with Crippen LogP contribution < -0.4 is 0 Å². The standard InChI is InChI=1S/C16H16O2S2/c1-3-4-12-6-8-15-14(10-12)19-13-7-5-11(2)9-16(13)20(15,17)18/h5-10H,3-4H2,1-2H3. The Kier molecular flexibility index (Phi) is 3.38. The monoisotopic (exact) mass is 304 g/mol. The number of sulfone groups is 1. The van der Waals surface area contributed by atoms with E-state index in [4.69, 9.17) is 0 Å². The number of hydrogen-bond donors (Lipinski definition) is 0. The van der Waals surface area contributed by atoms with Crippen molar-refractivity contribution in [3.8, 4) is 0 Å². The van der Waals surface area contributed by atoms with Crippen molar-refractivity contribution < 1.29 is 8.42 Å². The molecular weight excluding hydrogens is 288 g/mol. The minimum absolute atomic E-state index is 0.443. The van der Waals surface area contributed by atoms with Gasteiger partial charge in [0, 0.05) is 9.79 Å². The van der Waals surface area contributed by atoms with Crippen molar-refractivity contribution in [3.63, 3.8) is 0 Å². The summed E-state index contributed by atoms with van der Waals surface area (Å²) in [6.45, 7) is 4.04. The number of aryl methyl sites for hydroxylation is 2. The Morgan fingerprint density at radius 3 is 2.55 bits per heavy atom. The molecule has 104 valence electrons. The van der Waals surface area contributed by atoms with Crippen LogP contribution in [0.15, 0.2) is 56.0 Å². The Hall–Kier alpha value is -1.26. The van der Waals surface area contributed by atoms with Gasteiger partial charge in [0.15, 0.2) is 0 Å². The normalized spacial score (nSPS) is 15.5. The molecule has 0 fully saturated rings. The smallest absolute Gasteiger partial charge is 0.208 e. The molecule has 0 aliphatic carbocycles. The summed E-state index contributed by atoms with van der Waals surface area (Å²) < 4.78 is 25.4. The highest BCUT2D eigenvalue weighted by molar-refractivity contribution is 8.02. The zero-order valence-corrected chi connectivity index (χ0v) is 13.1. The lowest BCUT2D eigenvalue weighted by Crippen LogP contribution is -2.10. The first kappa shape index (κ1) is 13.7. The molecule has 0 aromatic heterocycles. The maximum absolute atomic E-state index is 12.7. The van der Waals surface area contributed by atoms with E-state index in [-0.39, 0.29) is 0 Å². The van der Waals surface area contributed by atoms with Crippen molar-refractivity contribution in [1.82, 2.24) is 0 Å². The summed E-state index contributed by atoms with van der Waals surface area (Å²) in [4.78, 5) is 2.57. The second-order valence-electron chi connectivity index (χ2n) is 5.09. The van der Waals surface area contributed by atoms with E-state index in [1.165, 1.54) is 5.56 Å². The third-order valence-electron chi connectivity index (χ3n) is 3.44. The van der Waals surface area contributed by atoms with Gasteiger partial charge in [-0.25, -0.2) is 8.42 Å². The van der Waals surface area contributed by atoms with E-state index >= 15 is 0 Å². The molecule has 1 aliphatic heterocycles. The van der Waals surface area contributed by atoms with Gasteiger partial charge >= 0.3 is 0 Å². The minimum atomic E-state index is -3.38. The summed E-state index contributed by atoms with van der Waals surface area (Å²) in [6, 6.07) is 11.3. The van der Waals surface area contributed by atoms with Crippen molar-refractivity contribution in [2.45, 2.75) is 46.3 Å². The summed E-state index contributed by atoms with van der Waals surface area (Å²) in [5.74, 6) is 0. The van der Waals surface area contributed by atoms with Crippen molar-refractivity contribution in [2.24, 2.45) is 0 Å². The van der Waals surface area contributed by atoms with Gasteiger partial charge in [-0.15, -0.1) is 0 Å². The van der Waals surface area contributed by atoms with E-state index in [9.17, 15) is 8.42 Å². The lowest BCUT2D eigenvalue weighted by Gasteiger charge is -2.20. The fraction of sp³-hybridized carbons (Fsp3) is 0.250. The highest BCUT2D eigenvalue weighted by Gasteiger charge is 2.30. The van der Waals surface area contributed by atoms with E-state index in [0.29, 0.717) is 9.79 Å². The van der Waals surface area contributed by atoms with E-state index in [2.05, 4.69) is 6.92 Å². The van der Waals surface area contributed by atoms with Crippen molar-refractivity contribution in [3.05, 3.63) is 47.5 Å². The van der Waals surface area contributed by atoms with Crippen LogP contribution in [-0.2, 0) is 16.3 Å². The average Bonchev–Trinajstić information content (AvgIpc) is 2.40. The third kappa shape index (κ3) is 2.17. The number of rotatable bonds is 2. The molecule has 2 aromatic carbocycles. The Morgan fingerprint density at radius 1 is 1.00 bits per heavy atom. The van der Waals surface area contributed by atoms with Gasteiger partial charge in [-0.1, -0.05) is 37.2 Å². The van der Waals surface area contributed by atoms with Gasteiger partial charge in [0.2, 0.25) is 9.84 Å².